The van der Waals surface area contributed by atoms with Crippen molar-refractivity contribution in [3.05, 3.63) is 28.7 Å². The van der Waals surface area contributed by atoms with Gasteiger partial charge in [-0.3, -0.25) is 9.59 Å². The molecule has 3 rings (SSSR count). The smallest absolute Gasteiger partial charge is 0.247 e. The van der Waals surface area contributed by atoms with Crippen LogP contribution in [0.4, 0.5) is 5.69 Å². The lowest BCUT2D eigenvalue weighted by atomic mass is 9.91. The molecular formula is C19H23ClN4O2S2. The lowest BCUT2D eigenvalue weighted by Crippen LogP contribution is -2.44. The fourth-order valence-electron chi connectivity index (χ4n) is 3.08. The number of nitrogens with one attached hydrogen (secondary N) is 1. The first-order chi connectivity index (χ1) is 13.2. The lowest BCUT2D eigenvalue weighted by molar-refractivity contribution is -0.138. The van der Waals surface area contributed by atoms with Gasteiger partial charge < -0.3 is 10.2 Å². The molecule has 1 atom stereocenters. The molecule has 28 heavy (non-hydrogen) atoms. The van der Waals surface area contributed by atoms with Crippen molar-refractivity contribution >= 4 is 52.2 Å². The molecule has 2 heterocycles. The number of hydrogen-bond donors (Lipinski definition) is 1. The van der Waals surface area contributed by atoms with E-state index in [1.807, 2.05) is 32.9 Å². The summed E-state index contributed by atoms with van der Waals surface area (Å²) >= 11 is 9.23. The average molecular weight is 439 g/mol. The number of rotatable bonds is 5. The number of amides is 2. The van der Waals surface area contributed by atoms with Crippen molar-refractivity contribution in [1.29, 1.82) is 0 Å². The molecule has 9 heteroatoms. The molecule has 150 valence electrons. The Kier molecular flexibility index (Phi) is 6.62. The van der Waals surface area contributed by atoms with Crippen molar-refractivity contribution < 1.29 is 9.59 Å². The minimum absolute atomic E-state index is 0.0342. The van der Waals surface area contributed by atoms with Gasteiger partial charge in [-0.05, 0) is 36.5 Å². The van der Waals surface area contributed by atoms with Crippen LogP contribution in [0.3, 0.4) is 0 Å². The van der Waals surface area contributed by atoms with Crippen LogP contribution in [0.1, 0.15) is 40.0 Å². The minimum atomic E-state index is -0.427. The fourth-order valence-corrected chi connectivity index (χ4v) is 4.82. The van der Waals surface area contributed by atoms with Crippen LogP contribution in [0, 0.1) is 5.41 Å². The van der Waals surface area contributed by atoms with Gasteiger partial charge in [0.25, 0.3) is 0 Å². The van der Waals surface area contributed by atoms with E-state index >= 15 is 0 Å². The predicted octanol–water partition coefficient (Wildman–Crippen LogP) is 4.71. The van der Waals surface area contributed by atoms with Crippen LogP contribution in [0.2, 0.25) is 5.02 Å². The summed E-state index contributed by atoms with van der Waals surface area (Å²) in [5.41, 5.74) is 2.18. The molecule has 0 aliphatic carbocycles. The summed E-state index contributed by atoms with van der Waals surface area (Å²) in [6.45, 7) is 6.71. The topological polar surface area (TPSA) is 75.2 Å². The van der Waals surface area contributed by atoms with Crippen molar-refractivity contribution in [1.82, 2.24) is 15.1 Å². The van der Waals surface area contributed by atoms with Crippen molar-refractivity contribution in [2.75, 3.05) is 11.9 Å². The average Bonchev–Trinajstić information content (AvgIpc) is 3.27. The molecule has 1 saturated heterocycles. The highest BCUT2D eigenvalue weighted by Crippen LogP contribution is 2.35. The Morgan fingerprint density at radius 2 is 2.18 bits per heavy atom. The van der Waals surface area contributed by atoms with E-state index in [0.29, 0.717) is 30.1 Å². The summed E-state index contributed by atoms with van der Waals surface area (Å²) in [5, 5.41) is 11.2. The zero-order valence-electron chi connectivity index (χ0n) is 16.1. The number of nitrogens with zero attached hydrogens (tertiary/aromatic N) is 3. The molecule has 2 aromatic rings. The van der Waals surface area contributed by atoms with Gasteiger partial charge in [0.05, 0.1) is 5.02 Å². The Balaban J connectivity index is 1.65. The number of anilines is 1. The molecule has 1 fully saturated rings. The van der Waals surface area contributed by atoms with Crippen molar-refractivity contribution in [3.8, 4) is 0 Å². The van der Waals surface area contributed by atoms with Crippen LogP contribution in [0.15, 0.2) is 32.9 Å². The van der Waals surface area contributed by atoms with Crippen molar-refractivity contribution in [2.45, 2.75) is 55.3 Å². The largest absolute Gasteiger partial charge is 0.331 e. The SMILES string of the molecule is CC(C)(C)CC(=O)N1CCCC1C(=O)Nc1ccc(Sc2nncs2)c(Cl)c1. The van der Waals surface area contributed by atoms with Gasteiger partial charge in [-0.1, -0.05) is 55.5 Å². The number of hydrogen-bond acceptors (Lipinski definition) is 6. The van der Waals surface area contributed by atoms with E-state index in [4.69, 9.17) is 11.6 Å². The van der Waals surface area contributed by atoms with Gasteiger partial charge in [0, 0.05) is 23.5 Å². The summed E-state index contributed by atoms with van der Waals surface area (Å²) in [6.07, 6.45) is 1.95. The summed E-state index contributed by atoms with van der Waals surface area (Å²) < 4.78 is 0.803. The first-order valence-corrected chi connectivity index (χ1v) is 11.1. The number of aromatic nitrogens is 2. The van der Waals surface area contributed by atoms with E-state index in [9.17, 15) is 9.59 Å². The lowest BCUT2D eigenvalue weighted by Gasteiger charge is -2.27. The van der Waals surface area contributed by atoms with Gasteiger partial charge in [0.2, 0.25) is 11.8 Å². The second-order valence-electron chi connectivity index (χ2n) is 7.92. The summed E-state index contributed by atoms with van der Waals surface area (Å²) in [6, 6.07) is 4.95. The highest BCUT2D eigenvalue weighted by atomic mass is 35.5. The van der Waals surface area contributed by atoms with Gasteiger partial charge in [-0.25, -0.2) is 0 Å². The molecule has 0 spiro atoms. The number of carbonyl (C=O) groups excluding carboxylic acids is 2. The number of halogens is 1. The normalized spacial score (nSPS) is 17.0. The Morgan fingerprint density at radius 3 is 2.82 bits per heavy atom. The van der Waals surface area contributed by atoms with Crippen LogP contribution in [0.25, 0.3) is 0 Å². The first-order valence-electron chi connectivity index (χ1n) is 9.07. The molecule has 1 aliphatic heterocycles. The van der Waals surface area contributed by atoms with Crippen molar-refractivity contribution in [2.24, 2.45) is 5.41 Å². The molecule has 2 amide bonds. The molecule has 1 aliphatic rings. The van der Waals surface area contributed by atoms with Crippen LogP contribution in [0.5, 0.6) is 0 Å². The van der Waals surface area contributed by atoms with Crippen LogP contribution < -0.4 is 5.32 Å². The molecule has 6 nitrogen and oxygen atoms in total. The maximum Gasteiger partial charge on any atom is 0.247 e. The van der Waals surface area contributed by atoms with E-state index in [-0.39, 0.29) is 17.2 Å². The molecular weight excluding hydrogens is 416 g/mol. The van der Waals surface area contributed by atoms with Gasteiger partial charge in [0.1, 0.15) is 11.6 Å². The number of benzene rings is 1. The van der Waals surface area contributed by atoms with Gasteiger partial charge >= 0.3 is 0 Å². The summed E-state index contributed by atoms with van der Waals surface area (Å²) in [7, 11) is 0. The highest BCUT2D eigenvalue weighted by molar-refractivity contribution is 8.01. The molecule has 0 radical (unpaired) electrons. The van der Waals surface area contributed by atoms with E-state index in [1.54, 1.807) is 16.5 Å². The third kappa shape index (κ3) is 5.46. The first kappa shape index (κ1) is 21.1. The summed E-state index contributed by atoms with van der Waals surface area (Å²) in [5.74, 6) is -0.132. The number of likely N-dealkylation sites (tertiary alicyclic amines) is 1. The molecule has 1 aromatic heterocycles. The van der Waals surface area contributed by atoms with Gasteiger partial charge in [-0.15, -0.1) is 10.2 Å². The molecule has 0 bridgehead atoms. The zero-order valence-corrected chi connectivity index (χ0v) is 18.5. The fraction of sp³-hybridized carbons (Fsp3) is 0.474. The number of carbonyl (C=O) groups is 2. The van der Waals surface area contributed by atoms with Crippen LogP contribution >= 0.6 is 34.7 Å². The Labute approximate surface area is 178 Å². The standard InChI is InChI=1S/C19H23ClN4O2S2/c1-19(2,3)10-16(25)24-8-4-5-14(24)17(26)22-12-6-7-15(13(20)9-12)28-18-23-21-11-27-18/h6-7,9,11,14H,4-5,8,10H2,1-3H3,(H,22,26). The molecule has 1 unspecified atom stereocenters. The Hall–Kier alpha value is -1.64. The second kappa shape index (κ2) is 8.80. The van der Waals surface area contributed by atoms with E-state index in [2.05, 4.69) is 15.5 Å². The Bertz CT molecular complexity index is 852. The zero-order chi connectivity index (χ0) is 20.3. The highest BCUT2D eigenvalue weighted by Gasteiger charge is 2.35. The van der Waals surface area contributed by atoms with Crippen LogP contribution in [-0.2, 0) is 9.59 Å². The summed E-state index contributed by atoms with van der Waals surface area (Å²) in [4.78, 5) is 27.9. The Morgan fingerprint density at radius 1 is 1.39 bits per heavy atom. The van der Waals surface area contributed by atoms with Crippen LogP contribution in [-0.4, -0.2) is 39.5 Å². The van der Waals surface area contributed by atoms with Gasteiger partial charge in [0.15, 0.2) is 4.34 Å². The quantitative estimate of drug-likeness (QED) is 0.731. The predicted molar refractivity (Wildman–Crippen MR) is 113 cm³/mol. The molecule has 1 aromatic carbocycles. The van der Waals surface area contributed by atoms with Gasteiger partial charge in [-0.2, -0.15) is 0 Å². The maximum absolute atomic E-state index is 12.8. The van der Waals surface area contributed by atoms with E-state index < -0.39 is 6.04 Å². The monoisotopic (exact) mass is 438 g/mol. The van der Waals surface area contributed by atoms with Crippen molar-refractivity contribution in [3.63, 3.8) is 0 Å². The minimum Gasteiger partial charge on any atom is -0.331 e. The third-order valence-corrected chi connectivity index (χ3v) is 6.57. The second-order valence-corrected chi connectivity index (χ2v) is 10.5. The molecule has 0 saturated carbocycles. The molecule has 1 N–H and O–H groups in total. The third-order valence-electron chi connectivity index (χ3n) is 4.29. The van der Waals surface area contributed by atoms with E-state index in [0.717, 1.165) is 15.7 Å². The maximum atomic E-state index is 12.8. The van der Waals surface area contributed by atoms with E-state index in [1.165, 1.54) is 23.1 Å².